The number of nitrogens with one attached hydrogen (secondary N) is 1. The maximum atomic E-state index is 12.5. The molecule has 3 heterocycles. The second-order valence-electron chi connectivity index (χ2n) is 4.01. The van der Waals surface area contributed by atoms with Gasteiger partial charge in [0, 0.05) is 0 Å². The van der Waals surface area contributed by atoms with Gasteiger partial charge in [0.2, 0.25) is 0 Å². The molecule has 1 N–H and O–H groups in total. The minimum atomic E-state index is -4.47. The van der Waals surface area contributed by atoms with E-state index in [1.165, 1.54) is 11.3 Å². The summed E-state index contributed by atoms with van der Waals surface area (Å²) in [5, 5.41) is 11.5. The average molecular weight is 345 g/mol. The molecule has 0 saturated carbocycles. The number of anilines is 1. The van der Waals surface area contributed by atoms with Crippen LogP contribution in [0.4, 0.5) is 19.2 Å². The molecule has 1 amide bonds. The molecule has 3 aromatic rings. The molecule has 3 rings (SSSR count). The summed E-state index contributed by atoms with van der Waals surface area (Å²) in [6.07, 6.45) is -4.47. The molecular weight excluding hydrogens is 339 g/mol. The van der Waals surface area contributed by atoms with Crippen molar-refractivity contribution < 1.29 is 22.4 Å². The van der Waals surface area contributed by atoms with Gasteiger partial charge in [0.15, 0.2) is 0 Å². The van der Waals surface area contributed by atoms with Crippen LogP contribution in [0.15, 0.2) is 34.1 Å². The molecule has 3 aromatic heterocycles. The van der Waals surface area contributed by atoms with Gasteiger partial charge in [-0.3, -0.25) is 10.1 Å². The Morgan fingerprint density at radius 1 is 1.23 bits per heavy atom. The van der Waals surface area contributed by atoms with E-state index < -0.39 is 17.0 Å². The standard InChI is InChI=1S/C12H6F3N3O2S2/c13-12(14,15)8-4-3-6(22-8)9(19)16-11-18-17-10(20-11)7-2-1-5-21-7/h1-5H,(H,16,18,19). The third kappa shape index (κ3) is 3.02. The summed E-state index contributed by atoms with van der Waals surface area (Å²) in [6.45, 7) is 0. The van der Waals surface area contributed by atoms with Crippen LogP contribution in [0.3, 0.4) is 0 Å². The van der Waals surface area contributed by atoms with Gasteiger partial charge in [0.05, 0.1) is 9.75 Å². The summed E-state index contributed by atoms with van der Waals surface area (Å²) in [4.78, 5) is 11.6. The number of thiophene rings is 2. The Morgan fingerprint density at radius 3 is 2.68 bits per heavy atom. The number of aromatic nitrogens is 2. The molecule has 0 unspecified atom stereocenters. The smallest absolute Gasteiger partial charge is 0.402 e. The number of carbonyl (C=O) groups excluding carboxylic acids is 1. The van der Waals surface area contributed by atoms with Gasteiger partial charge in [-0.1, -0.05) is 11.2 Å². The molecule has 0 radical (unpaired) electrons. The highest BCUT2D eigenvalue weighted by Gasteiger charge is 2.33. The van der Waals surface area contributed by atoms with E-state index in [9.17, 15) is 18.0 Å². The van der Waals surface area contributed by atoms with Crippen LogP contribution in [-0.4, -0.2) is 16.1 Å². The van der Waals surface area contributed by atoms with Crippen molar-refractivity contribution in [3.8, 4) is 10.8 Å². The highest BCUT2D eigenvalue weighted by Crippen LogP contribution is 2.34. The number of halogens is 3. The van der Waals surface area contributed by atoms with Crippen LogP contribution in [-0.2, 0) is 6.18 Å². The highest BCUT2D eigenvalue weighted by atomic mass is 32.1. The Hall–Kier alpha value is -2.20. The quantitative estimate of drug-likeness (QED) is 0.775. The van der Waals surface area contributed by atoms with E-state index in [0.29, 0.717) is 11.3 Å². The van der Waals surface area contributed by atoms with Crippen molar-refractivity contribution in [2.45, 2.75) is 6.18 Å². The van der Waals surface area contributed by atoms with E-state index in [4.69, 9.17) is 4.42 Å². The van der Waals surface area contributed by atoms with Gasteiger partial charge in [-0.15, -0.1) is 27.8 Å². The first-order valence-electron chi connectivity index (χ1n) is 5.79. The number of alkyl halides is 3. The zero-order valence-electron chi connectivity index (χ0n) is 10.5. The summed E-state index contributed by atoms with van der Waals surface area (Å²) < 4.78 is 42.7. The van der Waals surface area contributed by atoms with Crippen molar-refractivity contribution >= 4 is 34.6 Å². The van der Waals surface area contributed by atoms with Gasteiger partial charge in [0.25, 0.3) is 11.8 Å². The molecule has 0 aliphatic carbocycles. The zero-order valence-corrected chi connectivity index (χ0v) is 12.2. The van der Waals surface area contributed by atoms with Crippen LogP contribution in [0.1, 0.15) is 14.5 Å². The Labute approximate surface area is 129 Å². The van der Waals surface area contributed by atoms with Crippen LogP contribution in [0.5, 0.6) is 0 Å². The summed E-state index contributed by atoms with van der Waals surface area (Å²) in [6, 6.07) is 5.34. The monoisotopic (exact) mass is 345 g/mol. The Morgan fingerprint density at radius 2 is 2.05 bits per heavy atom. The van der Waals surface area contributed by atoms with Crippen LogP contribution in [0, 0.1) is 0 Å². The van der Waals surface area contributed by atoms with Gasteiger partial charge >= 0.3 is 12.2 Å². The van der Waals surface area contributed by atoms with Crippen LogP contribution < -0.4 is 5.32 Å². The average Bonchev–Trinajstić information content (AvgIpc) is 3.19. The number of nitrogens with zero attached hydrogens (tertiary/aromatic N) is 2. The van der Waals surface area contributed by atoms with E-state index in [2.05, 4.69) is 15.5 Å². The first-order chi connectivity index (χ1) is 10.4. The molecule has 0 aromatic carbocycles. The predicted octanol–water partition coefficient (Wildman–Crippen LogP) is 4.13. The molecular formula is C12H6F3N3O2S2. The van der Waals surface area contributed by atoms with Crippen LogP contribution >= 0.6 is 22.7 Å². The molecule has 0 atom stereocenters. The highest BCUT2D eigenvalue weighted by molar-refractivity contribution is 7.14. The first-order valence-corrected chi connectivity index (χ1v) is 7.49. The van der Waals surface area contributed by atoms with E-state index in [-0.39, 0.29) is 16.8 Å². The topological polar surface area (TPSA) is 68.0 Å². The Bertz CT molecular complexity index is 793. The molecule has 0 aliphatic rings. The molecule has 114 valence electrons. The van der Waals surface area contributed by atoms with Crippen molar-refractivity contribution in [3.63, 3.8) is 0 Å². The summed E-state index contributed by atoms with van der Waals surface area (Å²) in [5.41, 5.74) is 0. The van der Waals surface area contributed by atoms with E-state index >= 15 is 0 Å². The molecule has 0 aliphatic heterocycles. The van der Waals surface area contributed by atoms with Gasteiger partial charge in [0.1, 0.15) is 4.88 Å². The lowest BCUT2D eigenvalue weighted by Crippen LogP contribution is -2.10. The minimum Gasteiger partial charge on any atom is -0.402 e. The minimum absolute atomic E-state index is 0.0943. The van der Waals surface area contributed by atoms with E-state index in [1.54, 1.807) is 12.1 Å². The third-order valence-corrected chi connectivity index (χ3v) is 4.47. The van der Waals surface area contributed by atoms with Crippen molar-refractivity contribution in [3.05, 3.63) is 39.4 Å². The molecule has 0 fully saturated rings. The molecule has 22 heavy (non-hydrogen) atoms. The normalized spacial score (nSPS) is 11.6. The summed E-state index contributed by atoms with van der Waals surface area (Å²) in [7, 11) is 0. The van der Waals surface area contributed by atoms with Crippen LogP contribution in [0.25, 0.3) is 10.8 Å². The van der Waals surface area contributed by atoms with E-state index in [1.807, 2.05) is 5.38 Å². The molecule has 0 spiro atoms. The predicted molar refractivity (Wildman–Crippen MR) is 74.9 cm³/mol. The second-order valence-corrected chi connectivity index (χ2v) is 6.04. The second kappa shape index (κ2) is 5.54. The Balaban J connectivity index is 1.73. The number of rotatable bonds is 3. The number of amides is 1. The van der Waals surface area contributed by atoms with Crippen LogP contribution in [0.2, 0.25) is 0 Å². The third-order valence-electron chi connectivity index (χ3n) is 2.49. The lowest BCUT2D eigenvalue weighted by atomic mass is 10.4. The summed E-state index contributed by atoms with van der Waals surface area (Å²) in [5.74, 6) is -0.505. The fraction of sp³-hybridized carbons (Fsp3) is 0.0833. The zero-order chi connectivity index (χ0) is 15.7. The van der Waals surface area contributed by atoms with Crippen molar-refractivity contribution in [1.29, 1.82) is 0 Å². The summed E-state index contributed by atoms with van der Waals surface area (Å²) >= 11 is 1.73. The Kier molecular flexibility index (Phi) is 3.71. The maximum Gasteiger partial charge on any atom is 0.425 e. The van der Waals surface area contributed by atoms with Crippen molar-refractivity contribution in [2.24, 2.45) is 0 Å². The molecule has 10 heteroatoms. The van der Waals surface area contributed by atoms with Gasteiger partial charge in [-0.05, 0) is 23.6 Å². The number of hydrogen-bond donors (Lipinski definition) is 1. The lowest BCUT2D eigenvalue weighted by molar-refractivity contribution is -0.134. The van der Waals surface area contributed by atoms with E-state index in [0.717, 1.165) is 17.0 Å². The first kappa shape index (κ1) is 14.7. The maximum absolute atomic E-state index is 12.5. The van der Waals surface area contributed by atoms with Gasteiger partial charge in [-0.25, -0.2) is 0 Å². The van der Waals surface area contributed by atoms with Crippen molar-refractivity contribution in [2.75, 3.05) is 5.32 Å². The molecule has 5 nitrogen and oxygen atoms in total. The lowest BCUT2D eigenvalue weighted by Gasteiger charge is -2.00. The fourth-order valence-electron chi connectivity index (χ4n) is 1.54. The number of hydrogen-bond acceptors (Lipinski definition) is 6. The van der Waals surface area contributed by atoms with Gasteiger partial charge in [-0.2, -0.15) is 13.2 Å². The SMILES string of the molecule is O=C(Nc1nnc(-c2cccs2)o1)c1ccc(C(F)(F)F)s1. The molecule has 0 saturated heterocycles. The fourth-order valence-corrected chi connectivity index (χ4v) is 2.96. The van der Waals surface area contributed by atoms with Crippen molar-refractivity contribution in [1.82, 2.24) is 10.2 Å². The van der Waals surface area contributed by atoms with Gasteiger partial charge < -0.3 is 4.42 Å². The molecule has 0 bridgehead atoms. The number of carbonyl (C=O) groups is 1. The largest absolute Gasteiger partial charge is 0.425 e.